The van der Waals surface area contributed by atoms with Crippen LogP contribution in [0.25, 0.3) is 0 Å². The second kappa shape index (κ2) is 29.0. The molecular weight excluding hydrogens is 1060 g/mol. The summed E-state index contributed by atoms with van der Waals surface area (Å²) >= 11 is 7.05. The number of hydrogen-bond donors (Lipinski definition) is 4. The number of nitrogens with two attached hydrogens (primary N) is 1. The van der Waals surface area contributed by atoms with Crippen LogP contribution in [0, 0.1) is 11.3 Å². The third-order valence-corrected chi connectivity index (χ3v) is 12.5. The Morgan fingerprint density at radius 3 is 1.33 bits per heavy atom. The summed E-state index contributed by atoms with van der Waals surface area (Å²) in [6, 6.07) is 11.8. The molecular formula is C53H74ClN15O9S. The van der Waals surface area contributed by atoms with Crippen molar-refractivity contribution in [2.24, 2.45) is 0 Å². The molecule has 0 bridgehead atoms. The highest BCUT2D eigenvalue weighted by atomic mass is 35.5. The number of piperazine rings is 4. The molecule has 4 aromatic heterocycles. The summed E-state index contributed by atoms with van der Waals surface area (Å²) in [6.07, 6.45) is 5.24. The van der Waals surface area contributed by atoms with Crippen LogP contribution in [-0.2, 0) is 14.2 Å². The number of rotatable bonds is 5. The van der Waals surface area contributed by atoms with Gasteiger partial charge in [0, 0.05) is 140 Å². The Hall–Kier alpha value is -7.40. The Morgan fingerprint density at radius 1 is 0.557 bits per heavy atom. The predicted octanol–water partition coefficient (Wildman–Crippen LogP) is 5.81. The minimum atomic E-state index is -0.516. The maximum Gasteiger partial charge on any atom is 0.410 e. The fourth-order valence-corrected chi connectivity index (χ4v) is 8.46. The lowest BCUT2D eigenvalue weighted by Crippen LogP contribution is -2.51. The van der Waals surface area contributed by atoms with Crippen LogP contribution in [0.1, 0.15) is 98.3 Å². The first-order valence-corrected chi connectivity index (χ1v) is 27.1. The van der Waals surface area contributed by atoms with Crippen molar-refractivity contribution in [3.63, 3.8) is 0 Å². The third kappa shape index (κ3) is 21.4. The number of aromatic nitrogens is 4. The van der Waals surface area contributed by atoms with Crippen LogP contribution in [0.3, 0.4) is 0 Å². The van der Waals surface area contributed by atoms with Crippen LogP contribution in [-0.4, -0.2) is 207 Å². The van der Waals surface area contributed by atoms with E-state index in [1.54, 1.807) is 67.1 Å². The second-order valence-electron chi connectivity index (χ2n) is 21.3. The van der Waals surface area contributed by atoms with Crippen LogP contribution < -0.4 is 21.7 Å². The minimum Gasteiger partial charge on any atom is -0.444 e. The lowest BCUT2D eigenvalue weighted by Gasteiger charge is -2.35. The Bertz CT molecular complexity index is 2630. The van der Waals surface area contributed by atoms with Gasteiger partial charge in [-0.3, -0.25) is 14.4 Å². The standard InChI is InChI=1S/C15H20ClN3O3.C15H22N4O3.C14H14N6OS.C9H18N2O2/c2*1-15(2,3)22-14(21)19-8-6-18(7-9-19)13(20)11-4-5-17-12(16)10-11;15-8-11-9-18-14(22-11)19-12-7-10(1-2-17-12)13(21)20-5-3-16-4-6-20;1-9(2,3)13-8(12)11-6-4-10-5-7-11/h4-5,10H,6-9H2,1-3H3;4-5,10H,6-9H2,1-3H3,(H2,16,17);1-2,7,9,16H,3-6H2,(H,17,18,19);10H,4-7H2,1-3H3. The number of hydrogen-bond acceptors (Lipinski definition) is 19. The smallest absolute Gasteiger partial charge is 0.410 e. The van der Waals surface area contributed by atoms with Crippen molar-refractivity contribution in [2.45, 2.75) is 79.1 Å². The molecule has 428 valence electrons. The molecule has 0 unspecified atom stereocenters. The Morgan fingerprint density at radius 2 is 0.924 bits per heavy atom. The molecule has 8 rings (SSSR count). The molecule has 26 heteroatoms. The number of nitrogens with zero attached hydrogens (tertiary/aromatic N) is 11. The van der Waals surface area contributed by atoms with E-state index in [1.807, 2.05) is 73.3 Å². The maximum absolute atomic E-state index is 12.4. The van der Waals surface area contributed by atoms with E-state index < -0.39 is 11.2 Å². The van der Waals surface area contributed by atoms with E-state index in [9.17, 15) is 28.8 Å². The van der Waals surface area contributed by atoms with E-state index in [1.165, 1.54) is 29.9 Å². The summed E-state index contributed by atoms with van der Waals surface area (Å²) in [5.41, 5.74) is 5.79. The zero-order chi connectivity index (χ0) is 57.9. The summed E-state index contributed by atoms with van der Waals surface area (Å²) in [4.78, 5) is 99.4. The zero-order valence-corrected chi connectivity index (χ0v) is 48.1. The van der Waals surface area contributed by atoms with Crippen LogP contribution in [0.2, 0.25) is 5.15 Å². The molecule has 0 saturated carbocycles. The number of carbonyl (C=O) groups is 6. The van der Waals surface area contributed by atoms with Gasteiger partial charge in [0.1, 0.15) is 44.5 Å². The lowest BCUT2D eigenvalue weighted by atomic mass is 10.2. The number of thiazole rings is 1. The van der Waals surface area contributed by atoms with E-state index in [4.69, 9.17) is 36.8 Å². The molecule has 24 nitrogen and oxygen atoms in total. The van der Waals surface area contributed by atoms with Gasteiger partial charge in [0.25, 0.3) is 17.7 Å². The van der Waals surface area contributed by atoms with Crippen molar-refractivity contribution in [1.82, 2.24) is 60.0 Å². The minimum absolute atomic E-state index is 0.00352. The average Bonchev–Trinajstić information content (AvgIpc) is 3.88. The highest BCUT2D eigenvalue weighted by molar-refractivity contribution is 7.16. The number of carbonyl (C=O) groups excluding carboxylic acids is 6. The van der Waals surface area contributed by atoms with Gasteiger partial charge < -0.3 is 65.3 Å². The van der Waals surface area contributed by atoms with Crippen molar-refractivity contribution in [2.75, 3.05) is 116 Å². The van der Waals surface area contributed by atoms with Gasteiger partial charge >= 0.3 is 18.3 Å². The van der Waals surface area contributed by atoms with Crippen molar-refractivity contribution in [3.05, 3.63) is 87.9 Å². The molecule has 0 aliphatic carbocycles. The number of halogens is 1. The first-order chi connectivity index (χ1) is 37.3. The number of nitrogen functional groups attached to an aromatic ring is 1. The second-order valence-corrected chi connectivity index (χ2v) is 22.7. The first kappa shape index (κ1) is 62.4. The molecule has 0 atom stereocenters. The molecule has 79 heavy (non-hydrogen) atoms. The molecule has 4 aliphatic rings. The number of nitriles is 1. The molecule has 0 aromatic carbocycles. The Balaban J connectivity index is 0.000000197. The van der Waals surface area contributed by atoms with E-state index >= 15 is 0 Å². The SMILES string of the molecule is CC(C)(C)OC(=O)N1CCN(C(=O)c2ccnc(Cl)c2)CC1.CC(C)(C)OC(=O)N1CCN(C(=O)c2ccnc(N)c2)CC1.CC(C)(C)OC(=O)N1CCNCC1.N#Cc1cnc(Nc2cc(C(=O)N3CCNCC3)ccn2)s1. The first-order valence-electron chi connectivity index (χ1n) is 25.9. The summed E-state index contributed by atoms with van der Waals surface area (Å²) in [6.45, 7) is 26.6. The number of amides is 6. The molecule has 5 N–H and O–H groups in total. The van der Waals surface area contributed by atoms with E-state index in [0.29, 0.717) is 109 Å². The number of pyridine rings is 3. The topological polar surface area (TPSA) is 287 Å². The monoisotopic (exact) mass is 1130 g/mol. The lowest BCUT2D eigenvalue weighted by molar-refractivity contribution is 0.0136. The van der Waals surface area contributed by atoms with Gasteiger partial charge in [0.2, 0.25) is 0 Å². The maximum atomic E-state index is 12.4. The predicted molar refractivity (Wildman–Crippen MR) is 299 cm³/mol. The van der Waals surface area contributed by atoms with Gasteiger partial charge in [-0.05, 0) is 98.7 Å². The molecule has 8 heterocycles. The number of nitrogens with one attached hydrogen (secondary N) is 3. The van der Waals surface area contributed by atoms with Crippen molar-refractivity contribution < 1.29 is 43.0 Å². The largest absolute Gasteiger partial charge is 0.444 e. The van der Waals surface area contributed by atoms with Gasteiger partial charge in [-0.2, -0.15) is 5.26 Å². The van der Waals surface area contributed by atoms with Crippen molar-refractivity contribution in [3.8, 4) is 6.07 Å². The summed E-state index contributed by atoms with van der Waals surface area (Å²) in [7, 11) is 0. The van der Waals surface area contributed by atoms with Gasteiger partial charge in [-0.1, -0.05) is 22.9 Å². The molecule has 6 amide bonds. The molecule has 4 fully saturated rings. The fraction of sp³-hybridized carbons (Fsp3) is 0.528. The van der Waals surface area contributed by atoms with E-state index in [-0.39, 0.29) is 41.6 Å². The quantitative estimate of drug-likeness (QED) is 0.135. The Labute approximate surface area is 470 Å². The van der Waals surface area contributed by atoms with Crippen molar-refractivity contribution >= 4 is 75.7 Å². The molecule has 0 radical (unpaired) electrons. The third-order valence-electron chi connectivity index (χ3n) is 11.5. The van der Waals surface area contributed by atoms with Crippen molar-refractivity contribution in [1.29, 1.82) is 5.26 Å². The van der Waals surface area contributed by atoms with Gasteiger partial charge in [0.15, 0.2) is 5.13 Å². The number of anilines is 3. The molecule has 4 aromatic rings. The zero-order valence-electron chi connectivity index (χ0n) is 46.5. The summed E-state index contributed by atoms with van der Waals surface area (Å²) < 4.78 is 15.9. The number of ether oxygens (including phenoxy) is 3. The van der Waals surface area contributed by atoms with Crippen LogP contribution in [0.15, 0.2) is 61.2 Å². The van der Waals surface area contributed by atoms with Gasteiger partial charge in [0.05, 0.1) is 6.20 Å². The summed E-state index contributed by atoms with van der Waals surface area (Å²) in [5.74, 6) is 0.660. The van der Waals surface area contributed by atoms with E-state index in [2.05, 4.69) is 35.9 Å². The van der Waals surface area contributed by atoms with Crippen LogP contribution in [0.4, 0.5) is 31.2 Å². The highest BCUT2D eigenvalue weighted by Crippen LogP contribution is 2.22. The van der Waals surface area contributed by atoms with E-state index in [0.717, 1.165) is 39.3 Å². The van der Waals surface area contributed by atoms with Gasteiger partial charge in [-0.25, -0.2) is 34.3 Å². The molecule has 0 spiro atoms. The van der Waals surface area contributed by atoms with Crippen LogP contribution in [0.5, 0.6) is 0 Å². The molecule has 4 saturated heterocycles. The highest BCUT2D eigenvalue weighted by Gasteiger charge is 2.30. The normalized spacial score (nSPS) is 15.8. The summed E-state index contributed by atoms with van der Waals surface area (Å²) in [5, 5.41) is 19.1. The fourth-order valence-electron chi connectivity index (χ4n) is 7.67. The van der Waals surface area contributed by atoms with Crippen LogP contribution >= 0.6 is 22.9 Å². The average molecular weight is 1130 g/mol. The molecule has 4 aliphatic heterocycles. The Kier molecular flexibility index (Phi) is 22.9. The van der Waals surface area contributed by atoms with Gasteiger partial charge in [-0.15, -0.1) is 0 Å².